The predicted octanol–water partition coefficient (Wildman–Crippen LogP) is 3.04. The second-order valence-electron chi connectivity index (χ2n) is 4.36. The molecule has 1 aliphatic carbocycles. The van der Waals surface area contributed by atoms with E-state index in [1.54, 1.807) is 6.20 Å². The van der Waals surface area contributed by atoms with E-state index in [1.165, 1.54) is 12.8 Å². The fraction of sp³-hybridized carbons (Fsp3) is 0.333. The summed E-state index contributed by atoms with van der Waals surface area (Å²) >= 11 is 7.11. The van der Waals surface area contributed by atoms with Crippen LogP contribution in [0.25, 0.3) is 5.69 Å². The van der Waals surface area contributed by atoms with E-state index in [0.717, 1.165) is 26.9 Å². The maximum atomic E-state index is 4.17. The maximum Gasteiger partial charge on any atom is 0.0951 e. The summed E-state index contributed by atoms with van der Waals surface area (Å²) < 4.78 is 3.86. The molecule has 0 spiro atoms. The van der Waals surface area contributed by atoms with Gasteiger partial charge in [-0.15, -0.1) is 5.10 Å². The van der Waals surface area contributed by atoms with E-state index in [-0.39, 0.29) is 0 Å². The van der Waals surface area contributed by atoms with E-state index in [0.29, 0.717) is 6.04 Å². The number of benzene rings is 1. The van der Waals surface area contributed by atoms with E-state index < -0.39 is 0 Å². The fourth-order valence-corrected chi connectivity index (χ4v) is 3.13. The minimum absolute atomic E-state index is 0.677. The Kier molecular flexibility index (Phi) is 3.50. The van der Waals surface area contributed by atoms with Crippen molar-refractivity contribution in [2.24, 2.45) is 0 Å². The molecule has 1 N–H and O–H groups in total. The molecule has 0 amide bonds. The van der Waals surface area contributed by atoms with Crippen LogP contribution in [-0.4, -0.2) is 21.0 Å². The Balaban J connectivity index is 1.93. The average molecular weight is 372 g/mol. The van der Waals surface area contributed by atoms with Crippen LogP contribution >= 0.6 is 31.9 Å². The summed E-state index contributed by atoms with van der Waals surface area (Å²) in [7, 11) is 0. The quantitative estimate of drug-likeness (QED) is 0.898. The van der Waals surface area contributed by atoms with E-state index in [1.807, 2.05) is 22.9 Å². The molecule has 94 valence electrons. The molecular formula is C12H12Br2N4. The van der Waals surface area contributed by atoms with E-state index in [4.69, 9.17) is 0 Å². The van der Waals surface area contributed by atoms with Gasteiger partial charge in [-0.05, 0) is 56.8 Å². The lowest BCUT2D eigenvalue weighted by Gasteiger charge is -2.10. The minimum atomic E-state index is 0.677. The molecule has 4 nitrogen and oxygen atoms in total. The monoisotopic (exact) mass is 370 g/mol. The maximum absolute atomic E-state index is 4.17. The predicted molar refractivity (Wildman–Crippen MR) is 76.6 cm³/mol. The third-order valence-electron chi connectivity index (χ3n) is 2.92. The van der Waals surface area contributed by atoms with Crippen LogP contribution in [0, 0.1) is 0 Å². The van der Waals surface area contributed by atoms with Crippen molar-refractivity contribution < 1.29 is 0 Å². The first-order chi connectivity index (χ1) is 8.75. The normalized spacial score (nSPS) is 15.0. The number of rotatable bonds is 4. The topological polar surface area (TPSA) is 42.7 Å². The zero-order valence-electron chi connectivity index (χ0n) is 9.61. The lowest BCUT2D eigenvalue weighted by Crippen LogP contribution is -2.18. The molecule has 1 saturated carbocycles. The largest absolute Gasteiger partial charge is 0.308 e. The SMILES string of the molecule is Brc1cccc(Br)c1-n1nncc1CNC1CC1. The molecule has 0 radical (unpaired) electrons. The van der Waals surface area contributed by atoms with Crippen LogP contribution in [0.1, 0.15) is 18.5 Å². The van der Waals surface area contributed by atoms with Crippen LogP contribution in [-0.2, 0) is 6.54 Å². The first kappa shape index (κ1) is 12.3. The van der Waals surface area contributed by atoms with Gasteiger partial charge in [0.1, 0.15) is 0 Å². The van der Waals surface area contributed by atoms with Gasteiger partial charge in [0, 0.05) is 21.5 Å². The number of hydrogen-bond donors (Lipinski definition) is 1. The van der Waals surface area contributed by atoms with Crippen molar-refractivity contribution in [3.8, 4) is 5.69 Å². The van der Waals surface area contributed by atoms with Crippen molar-refractivity contribution in [2.75, 3.05) is 0 Å². The third-order valence-corrected chi connectivity index (χ3v) is 4.20. The van der Waals surface area contributed by atoms with Crippen LogP contribution in [0.15, 0.2) is 33.3 Å². The Labute approximate surface area is 122 Å². The molecule has 0 unspecified atom stereocenters. The number of para-hydroxylation sites is 1. The molecule has 0 bridgehead atoms. The highest BCUT2D eigenvalue weighted by Crippen LogP contribution is 2.29. The van der Waals surface area contributed by atoms with Crippen LogP contribution < -0.4 is 5.32 Å². The summed E-state index contributed by atoms with van der Waals surface area (Å²) in [5, 5.41) is 11.7. The van der Waals surface area contributed by atoms with Gasteiger partial charge in [0.2, 0.25) is 0 Å². The molecule has 0 atom stereocenters. The second-order valence-corrected chi connectivity index (χ2v) is 6.07. The lowest BCUT2D eigenvalue weighted by molar-refractivity contribution is 0.645. The van der Waals surface area contributed by atoms with Crippen LogP contribution in [0.2, 0.25) is 0 Å². The zero-order chi connectivity index (χ0) is 12.5. The third kappa shape index (κ3) is 2.50. The smallest absolute Gasteiger partial charge is 0.0951 e. The summed E-state index contributed by atoms with van der Waals surface area (Å²) in [5.41, 5.74) is 2.05. The Morgan fingerprint density at radius 3 is 2.67 bits per heavy atom. The molecule has 2 aromatic rings. The fourth-order valence-electron chi connectivity index (χ4n) is 1.79. The van der Waals surface area contributed by atoms with Crippen molar-refractivity contribution in [1.82, 2.24) is 20.3 Å². The number of nitrogens with one attached hydrogen (secondary N) is 1. The van der Waals surface area contributed by atoms with Crippen molar-refractivity contribution >= 4 is 31.9 Å². The van der Waals surface area contributed by atoms with Crippen molar-refractivity contribution in [1.29, 1.82) is 0 Å². The number of nitrogens with zero attached hydrogens (tertiary/aromatic N) is 3. The summed E-state index contributed by atoms with van der Waals surface area (Å²) in [6.07, 6.45) is 4.36. The highest BCUT2D eigenvalue weighted by atomic mass is 79.9. The summed E-state index contributed by atoms with van der Waals surface area (Å²) in [6, 6.07) is 6.66. The van der Waals surface area contributed by atoms with Gasteiger partial charge in [0.05, 0.1) is 17.6 Å². The molecule has 1 aromatic carbocycles. The van der Waals surface area contributed by atoms with Crippen molar-refractivity contribution in [3.63, 3.8) is 0 Å². The molecule has 0 saturated heterocycles. The number of halogens is 2. The summed E-state index contributed by atoms with van der Waals surface area (Å²) in [4.78, 5) is 0. The van der Waals surface area contributed by atoms with Gasteiger partial charge in [-0.25, -0.2) is 4.68 Å². The standard InChI is InChI=1S/C12H12Br2N4/c13-10-2-1-3-11(14)12(10)18-9(7-16-17-18)6-15-8-4-5-8/h1-3,7-8,15H,4-6H2. The highest BCUT2D eigenvalue weighted by Gasteiger charge is 2.21. The Morgan fingerprint density at radius 2 is 2.00 bits per heavy atom. The van der Waals surface area contributed by atoms with Gasteiger partial charge in [0.15, 0.2) is 0 Å². The highest BCUT2D eigenvalue weighted by molar-refractivity contribution is 9.11. The van der Waals surface area contributed by atoms with Crippen molar-refractivity contribution in [2.45, 2.75) is 25.4 Å². The van der Waals surface area contributed by atoms with Crippen molar-refractivity contribution in [3.05, 3.63) is 39.0 Å². The minimum Gasteiger partial charge on any atom is -0.308 e. The molecule has 1 aromatic heterocycles. The molecule has 3 rings (SSSR count). The second kappa shape index (κ2) is 5.11. The summed E-state index contributed by atoms with van der Waals surface area (Å²) in [5.74, 6) is 0. The molecule has 1 aliphatic rings. The van der Waals surface area contributed by atoms with Gasteiger partial charge in [-0.1, -0.05) is 11.3 Å². The molecule has 1 heterocycles. The first-order valence-electron chi connectivity index (χ1n) is 5.83. The molecule has 6 heteroatoms. The number of hydrogen-bond acceptors (Lipinski definition) is 3. The molecular weight excluding hydrogens is 360 g/mol. The average Bonchev–Trinajstić information content (AvgIpc) is 3.06. The molecule has 1 fully saturated rings. The first-order valence-corrected chi connectivity index (χ1v) is 7.41. The van der Waals surface area contributed by atoms with Crippen LogP contribution in [0.5, 0.6) is 0 Å². The summed E-state index contributed by atoms with van der Waals surface area (Å²) in [6.45, 7) is 0.797. The van der Waals surface area contributed by atoms with Crippen LogP contribution in [0.4, 0.5) is 0 Å². The zero-order valence-corrected chi connectivity index (χ0v) is 12.8. The van der Waals surface area contributed by atoms with E-state index >= 15 is 0 Å². The molecule has 0 aliphatic heterocycles. The number of aromatic nitrogens is 3. The Morgan fingerprint density at radius 1 is 1.28 bits per heavy atom. The van der Waals surface area contributed by atoms with Gasteiger partial charge in [0.25, 0.3) is 0 Å². The molecule has 18 heavy (non-hydrogen) atoms. The van der Waals surface area contributed by atoms with Gasteiger partial charge >= 0.3 is 0 Å². The van der Waals surface area contributed by atoms with Gasteiger partial charge in [-0.2, -0.15) is 0 Å². The van der Waals surface area contributed by atoms with Gasteiger partial charge in [-0.3, -0.25) is 0 Å². The van der Waals surface area contributed by atoms with Crippen LogP contribution in [0.3, 0.4) is 0 Å². The van der Waals surface area contributed by atoms with Gasteiger partial charge < -0.3 is 5.32 Å². The Bertz CT molecular complexity index is 543. The Hall–Kier alpha value is -0.720. The van der Waals surface area contributed by atoms with E-state index in [2.05, 4.69) is 47.5 Å². The van der Waals surface area contributed by atoms with E-state index in [9.17, 15) is 0 Å². The lowest BCUT2D eigenvalue weighted by atomic mass is 10.3.